The zero-order chi connectivity index (χ0) is 19.2. The number of aromatic nitrogens is 1. The van der Waals surface area contributed by atoms with E-state index in [4.69, 9.17) is 14.2 Å². The Morgan fingerprint density at radius 1 is 1.14 bits per heavy atom. The summed E-state index contributed by atoms with van der Waals surface area (Å²) in [7, 11) is 0. The normalized spacial score (nSPS) is 14.9. The Bertz CT molecular complexity index is 825. The molecule has 156 valence electrons. The van der Waals surface area contributed by atoms with E-state index in [1.54, 1.807) is 0 Å². The van der Waals surface area contributed by atoms with Crippen molar-refractivity contribution in [3.8, 4) is 17.4 Å². The van der Waals surface area contributed by atoms with E-state index in [1.807, 2.05) is 43.5 Å². The number of fused-ring (bicyclic) bond motifs is 1. The number of aliphatic imine (C=N–C) groups is 1. The van der Waals surface area contributed by atoms with Crippen LogP contribution in [0.2, 0.25) is 0 Å². The van der Waals surface area contributed by atoms with Gasteiger partial charge in [-0.25, -0.2) is 9.98 Å². The van der Waals surface area contributed by atoms with Crippen LogP contribution in [-0.4, -0.2) is 30.9 Å². The van der Waals surface area contributed by atoms with Crippen LogP contribution in [0.3, 0.4) is 0 Å². The minimum absolute atomic E-state index is 0. The zero-order valence-corrected chi connectivity index (χ0v) is 18.8. The van der Waals surface area contributed by atoms with Crippen molar-refractivity contribution in [1.82, 2.24) is 15.6 Å². The summed E-state index contributed by atoms with van der Waals surface area (Å²) in [5.74, 6) is 3.75. The van der Waals surface area contributed by atoms with Crippen molar-refractivity contribution in [1.29, 1.82) is 0 Å². The van der Waals surface area contributed by atoms with E-state index in [1.165, 1.54) is 12.8 Å². The van der Waals surface area contributed by atoms with Gasteiger partial charge >= 0.3 is 0 Å². The summed E-state index contributed by atoms with van der Waals surface area (Å²) in [6.45, 7) is 5.10. The van der Waals surface area contributed by atoms with Crippen LogP contribution in [0.5, 0.6) is 17.4 Å². The highest BCUT2D eigenvalue weighted by Crippen LogP contribution is 2.32. The van der Waals surface area contributed by atoms with Crippen molar-refractivity contribution in [2.24, 2.45) is 10.9 Å². The van der Waals surface area contributed by atoms with Gasteiger partial charge in [-0.05, 0) is 48.9 Å². The molecule has 8 heteroatoms. The molecule has 0 unspecified atom stereocenters. The molecule has 2 heterocycles. The molecule has 1 aliphatic carbocycles. The molecule has 2 N–H and O–H groups in total. The minimum Gasteiger partial charge on any atom is -0.477 e. The number of rotatable bonds is 8. The van der Waals surface area contributed by atoms with Crippen molar-refractivity contribution < 1.29 is 14.2 Å². The molecule has 0 radical (unpaired) electrons. The summed E-state index contributed by atoms with van der Waals surface area (Å²) in [6, 6.07) is 9.87. The maximum atomic E-state index is 5.68. The number of benzene rings is 1. The lowest BCUT2D eigenvalue weighted by Crippen LogP contribution is -2.36. The lowest BCUT2D eigenvalue weighted by atomic mass is 10.2. The molecule has 1 fully saturated rings. The van der Waals surface area contributed by atoms with Gasteiger partial charge in [0, 0.05) is 25.4 Å². The minimum atomic E-state index is 0. The SMILES string of the molecule is CCNC(=NCc1ccc(OCC2CC2)nc1)NCc1ccc2c(c1)OCO2.I. The summed E-state index contributed by atoms with van der Waals surface area (Å²) < 4.78 is 16.5. The van der Waals surface area contributed by atoms with Crippen LogP contribution in [0.25, 0.3) is 0 Å². The van der Waals surface area contributed by atoms with Gasteiger partial charge in [0.25, 0.3) is 0 Å². The highest BCUT2D eigenvalue weighted by atomic mass is 127. The van der Waals surface area contributed by atoms with Crippen LogP contribution in [0.15, 0.2) is 41.5 Å². The largest absolute Gasteiger partial charge is 0.477 e. The fourth-order valence-electron chi connectivity index (χ4n) is 2.83. The van der Waals surface area contributed by atoms with Crippen LogP contribution in [0, 0.1) is 5.92 Å². The maximum absolute atomic E-state index is 5.68. The van der Waals surface area contributed by atoms with Crippen molar-refractivity contribution in [3.05, 3.63) is 47.7 Å². The molecule has 1 saturated carbocycles. The third-order valence-corrected chi connectivity index (χ3v) is 4.62. The van der Waals surface area contributed by atoms with E-state index in [2.05, 4.69) is 20.6 Å². The smallest absolute Gasteiger partial charge is 0.231 e. The number of hydrogen-bond acceptors (Lipinski definition) is 5. The first kappa shape index (κ1) is 21.5. The molecule has 0 amide bonds. The Kier molecular flexibility index (Phi) is 7.79. The van der Waals surface area contributed by atoms with Crippen LogP contribution >= 0.6 is 24.0 Å². The van der Waals surface area contributed by atoms with E-state index >= 15 is 0 Å². The lowest BCUT2D eigenvalue weighted by molar-refractivity contribution is 0.174. The number of guanidine groups is 1. The molecule has 0 bridgehead atoms. The molecular weight excluding hydrogens is 483 g/mol. The van der Waals surface area contributed by atoms with Crippen molar-refractivity contribution in [2.75, 3.05) is 19.9 Å². The molecule has 1 aromatic carbocycles. The second-order valence-electron chi connectivity index (χ2n) is 7.00. The third kappa shape index (κ3) is 6.38. The van der Waals surface area contributed by atoms with Gasteiger partial charge in [0.15, 0.2) is 17.5 Å². The van der Waals surface area contributed by atoms with Crippen LogP contribution in [-0.2, 0) is 13.1 Å². The van der Waals surface area contributed by atoms with Crippen molar-refractivity contribution in [3.63, 3.8) is 0 Å². The standard InChI is InChI=1S/C21H26N4O3.HI/c1-2-22-21(24-10-16-5-7-18-19(9-16)28-14-27-18)25-12-17-6-8-20(23-11-17)26-13-15-3-4-15;/h5-9,11,15H,2-4,10,12-14H2,1H3,(H2,22,24,25);1H. The summed E-state index contributed by atoms with van der Waals surface area (Å²) in [5, 5.41) is 6.61. The Labute approximate surface area is 188 Å². The van der Waals surface area contributed by atoms with Crippen molar-refractivity contribution in [2.45, 2.75) is 32.9 Å². The first-order valence-corrected chi connectivity index (χ1v) is 9.78. The van der Waals surface area contributed by atoms with Crippen LogP contribution in [0.1, 0.15) is 30.9 Å². The highest BCUT2D eigenvalue weighted by molar-refractivity contribution is 14.0. The van der Waals surface area contributed by atoms with Gasteiger partial charge in [-0.1, -0.05) is 12.1 Å². The second kappa shape index (κ2) is 10.5. The van der Waals surface area contributed by atoms with E-state index < -0.39 is 0 Å². The van der Waals surface area contributed by atoms with Crippen molar-refractivity contribution >= 4 is 29.9 Å². The molecule has 1 aromatic heterocycles. The Balaban J connectivity index is 0.00000240. The summed E-state index contributed by atoms with van der Waals surface area (Å²) >= 11 is 0. The number of ether oxygens (including phenoxy) is 3. The molecule has 4 rings (SSSR count). The number of halogens is 1. The molecule has 2 aliphatic rings. The number of nitrogens with zero attached hydrogens (tertiary/aromatic N) is 2. The first-order chi connectivity index (χ1) is 13.8. The lowest BCUT2D eigenvalue weighted by Gasteiger charge is -2.12. The molecule has 0 saturated heterocycles. The van der Waals surface area contributed by atoms with Gasteiger partial charge in [0.2, 0.25) is 12.7 Å². The second-order valence-corrected chi connectivity index (χ2v) is 7.00. The van der Waals surface area contributed by atoms with Crippen LogP contribution < -0.4 is 24.8 Å². The van der Waals surface area contributed by atoms with Gasteiger partial charge in [-0.2, -0.15) is 0 Å². The first-order valence-electron chi connectivity index (χ1n) is 9.78. The zero-order valence-electron chi connectivity index (χ0n) is 16.5. The maximum Gasteiger partial charge on any atom is 0.231 e. The fourth-order valence-corrected chi connectivity index (χ4v) is 2.83. The molecular formula is C21H27IN4O3. The number of nitrogens with one attached hydrogen (secondary N) is 2. The molecule has 0 spiro atoms. The Morgan fingerprint density at radius 3 is 2.72 bits per heavy atom. The van der Waals surface area contributed by atoms with Crippen LogP contribution in [0.4, 0.5) is 0 Å². The molecule has 0 atom stereocenters. The number of pyridine rings is 1. The average molecular weight is 510 g/mol. The molecule has 1 aliphatic heterocycles. The summed E-state index contributed by atoms with van der Waals surface area (Å²) in [4.78, 5) is 9.01. The summed E-state index contributed by atoms with van der Waals surface area (Å²) in [6.07, 6.45) is 4.38. The Hall–Kier alpha value is -2.23. The number of hydrogen-bond donors (Lipinski definition) is 2. The van der Waals surface area contributed by atoms with E-state index in [-0.39, 0.29) is 30.8 Å². The van der Waals surface area contributed by atoms with E-state index in [0.717, 1.165) is 47.7 Å². The molecule has 29 heavy (non-hydrogen) atoms. The third-order valence-electron chi connectivity index (χ3n) is 4.62. The van der Waals surface area contributed by atoms with Gasteiger partial charge in [-0.3, -0.25) is 0 Å². The molecule has 7 nitrogen and oxygen atoms in total. The quantitative estimate of drug-likeness (QED) is 0.322. The average Bonchev–Trinajstić information content (AvgIpc) is 3.44. The predicted molar refractivity (Wildman–Crippen MR) is 122 cm³/mol. The van der Waals surface area contributed by atoms with Gasteiger partial charge < -0.3 is 24.8 Å². The van der Waals surface area contributed by atoms with Gasteiger partial charge in [-0.15, -0.1) is 24.0 Å². The van der Waals surface area contributed by atoms with E-state index in [9.17, 15) is 0 Å². The van der Waals surface area contributed by atoms with E-state index in [0.29, 0.717) is 19.0 Å². The molecule has 2 aromatic rings. The van der Waals surface area contributed by atoms with Gasteiger partial charge in [0.05, 0.1) is 13.2 Å². The highest BCUT2D eigenvalue weighted by Gasteiger charge is 2.22. The summed E-state index contributed by atoms with van der Waals surface area (Å²) in [5.41, 5.74) is 2.15. The topological polar surface area (TPSA) is 77.0 Å². The monoisotopic (exact) mass is 510 g/mol. The van der Waals surface area contributed by atoms with Gasteiger partial charge in [0.1, 0.15) is 0 Å². The predicted octanol–water partition coefficient (Wildman–Crippen LogP) is 3.47. The fraction of sp³-hybridized carbons (Fsp3) is 0.429. The Morgan fingerprint density at radius 2 is 1.97 bits per heavy atom.